The van der Waals surface area contributed by atoms with Crippen LogP contribution in [0, 0.1) is 5.92 Å². The van der Waals surface area contributed by atoms with Gasteiger partial charge in [0, 0.05) is 18.7 Å². The lowest BCUT2D eigenvalue weighted by Gasteiger charge is -2.30. The molecule has 2 aliphatic rings. The summed E-state index contributed by atoms with van der Waals surface area (Å²) in [4.78, 5) is 26.3. The van der Waals surface area contributed by atoms with E-state index in [1.54, 1.807) is 19.1 Å². The predicted octanol–water partition coefficient (Wildman–Crippen LogP) is 2.32. The summed E-state index contributed by atoms with van der Waals surface area (Å²) < 4.78 is 16.1. The third kappa shape index (κ3) is 4.59. The Labute approximate surface area is 157 Å². The number of nitrogens with zero attached hydrogens (tertiary/aromatic N) is 1. The van der Waals surface area contributed by atoms with E-state index in [9.17, 15) is 9.59 Å². The molecule has 2 heterocycles. The maximum absolute atomic E-state index is 12.4. The molecule has 0 bridgehead atoms. The van der Waals surface area contributed by atoms with Crippen LogP contribution in [0.4, 0.5) is 5.69 Å². The third-order valence-corrected chi connectivity index (χ3v) is 4.71. The number of nitrogens with one attached hydrogen (secondary N) is 1. The van der Waals surface area contributed by atoms with Gasteiger partial charge in [0.25, 0.3) is 0 Å². The molecule has 7 nitrogen and oxygen atoms in total. The maximum atomic E-state index is 12.4. The molecular formula is C18H23ClN2O5. The summed E-state index contributed by atoms with van der Waals surface area (Å²) >= 11 is 6.22. The lowest BCUT2D eigenvalue weighted by Crippen LogP contribution is -2.43. The quantitative estimate of drug-likeness (QED) is 0.787. The van der Waals surface area contributed by atoms with Gasteiger partial charge in [0.05, 0.1) is 29.8 Å². The van der Waals surface area contributed by atoms with Crippen LogP contribution in [0.2, 0.25) is 5.02 Å². The first kappa shape index (κ1) is 18.8. The van der Waals surface area contributed by atoms with Crippen LogP contribution in [0.15, 0.2) is 12.1 Å². The Morgan fingerprint density at radius 1 is 1.31 bits per heavy atom. The Kier molecular flexibility index (Phi) is 6.21. The SMILES string of the molecule is CCOC(=O)C1CCCN(CC(=O)Nc2cc3c(cc2Cl)OCCO3)C1. The van der Waals surface area contributed by atoms with Gasteiger partial charge in [-0.2, -0.15) is 0 Å². The number of amides is 1. The van der Waals surface area contributed by atoms with Gasteiger partial charge in [-0.25, -0.2) is 0 Å². The summed E-state index contributed by atoms with van der Waals surface area (Å²) in [6, 6.07) is 3.32. The van der Waals surface area contributed by atoms with E-state index in [-0.39, 0.29) is 24.3 Å². The highest BCUT2D eigenvalue weighted by molar-refractivity contribution is 6.34. The molecule has 0 aromatic heterocycles. The standard InChI is InChI=1S/C18H23ClN2O5/c1-2-24-18(23)12-4-3-5-21(10-12)11-17(22)20-14-9-16-15(8-13(14)19)25-6-7-26-16/h8-9,12H,2-7,10-11H2,1H3,(H,20,22). The van der Waals surface area contributed by atoms with Gasteiger partial charge < -0.3 is 19.5 Å². The second kappa shape index (κ2) is 8.60. The van der Waals surface area contributed by atoms with Crippen molar-refractivity contribution < 1.29 is 23.8 Å². The number of benzene rings is 1. The Balaban J connectivity index is 1.58. The minimum absolute atomic E-state index is 0.172. The number of carbonyl (C=O) groups is 2. The van der Waals surface area contributed by atoms with Crippen LogP contribution in [-0.2, 0) is 14.3 Å². The normalized spacial score (nSPS) is 19.7. The van der Waals surface area contributed by atoms with Crippen molar-refractivity contribution in [1.29, 1.82) is 0 Å². The zero-order valence-corrected chi connectivity index (χ0v) is 15.5. The molecule has 1 amide bonds. The molecule has 0 radical (unpaired) electrons. The summed E-state index contributed by atoms with van der Waals surface area (Å²) in [5.74, 6) is 0.596. The van der Waals surface area contributed by atoms with E-state index >= 15 is 0 Å². The number of halogens is 1. The fourth-order valence-corrected chi connectivity index (χ4v) is 3.41. The first-order valence-electron chi connectivity index (χ1n) is 8.84. The summed E-state index contributed by atoms with van der Waals surface area (Å²) in [6.45, 7) is 4.61. The lowest BCUT2D eigenvalue weighted by molar-refractivity contribution is -0.150. The molecule has 0 aliphatic carbocycles. The Bertz CT molecular complexity index is 682. The average molecular weight is 383 g/mol. The van der Waals surface area contributed by atoms with E-state index in [2.05, 4.69) is 5.32 Å². The molecular weight excluding hydrogens is 360 g/mol. The van der Waals surface area contributed by atoms with Crippen molar-refractivity contribution in [2.45, 2.75) is 19.8 Å². The van der Waals surface area contributed by atoms with Crippen LogP contribution in [0.25, 0.3) is 0 Å². The molecule has 1 unspecified atom stereocenters. The van der Waals surface area contributed by atoms with Crippen molar-refractivity contribution in [3.8, 4) is 11.5 Å². The second-order valence-corrected chi connectivity index (χ2v) is 6.76. The van der Waals surface area contributed by atoms with E-state index in [0.29, 0.717) is 48.6 Å². The van der Waals surface area contributed by atoms with Crippen molar-refractivity contribution in [3.63, 3.8) is 0 Å². The topological polar surface area (TPSA) is 77.1 Å². The summed E-state index contributed by atoms with van der Waals surface area (Å²) in [7, 11) is 0. The first-order chi connectivity index (χ1) is 12.6. The number of likely N-dealkylation sites (tertiary alicyclic amines) is 1. The van der Waals surface area contributed by atoms with Crippen LogP contribution in [0.3, 0.4) is 0 Å². The molecule has 26 heavy (non-hydrogen) atoms. The van der Waals surface area contributed by atoms with Crippen molar-refractivity contribution in [3.05, 3.63) is 17.2 Å². The lowest BCUT2D eigenvalue weighted by atomic mass is 9.98. The number of anilines is 1. The molecule has 0 saturated carbocycles. The van der Waals surface area contributed by atoms with E-state index in [4.69, 9.17) is 25.8 Å². The van der Waals surface area contributed by atoms with E-state index in [1.807, 2.05) is 4.90 Å². The van der Waals surface area contributed by atoms with Crippen LogP contribution < -0.4 is 14.8 Å². The fraction of sp³-hybridized carbons (Fsp3) is 0.556. The first-order valence-corrected chi connectivity index (χ1v) is 9.22. The number of hydrogen-bond acceptors (Lipinski definition) is 6. The van der Waals surface area contributed by atoms with Gasteiger partial charge in [-0.05, 0) is 26.3 Å². The number of carbonyl (C=O) groups excluding carboxylic acids is 2. The fourth-order valence-electron chi connectivity index (χ4n) is 3.20. The van der Waals surface area contributed by atoms with Crippen LogP contribution in [-0.4, -0.2) is 56.2 Å². The van der Waals surface area contributed by atoms with Crippen LogP contribution >= 0.6 is 11.6 Å². The zero-order chi connectivity index (χ0) is 18.5. The second-order valence-electron chi connectivity index (χ2n) is 6.35. The van der Waals surface area contributed by atoms with Gasteiger partial charge in [0.15, 0.2) is 11.5 Å². The molecule has 1 saturated heterocycles. The van der Waals surface area contributed by atoms with E-state index < -0.39 is 0 Å². The zero-order valence-electron chi connectivity index (χ0n) is 14.8. The molecule has 1 aromatic rings. The van der Waals surface area contributed by atoms with Gasteiger partial charge >= 0.3 is 5.97 Å². The van der Waals surface area contributed by atoms with Crippen molar-refractivity contribution in [1.82, 2.24) is 4.90 Å². The summed E-state index contributed by atoms with van der Waals surface area (Å²) in [5.41, 5.74) is 0.486. The minimum Gasteiger partial charge on any atom is -0.486 e. The highest BCUT2D eigenvalue weighted by Crippen LogP contribution is 2.37. The monoisotopic (exact) mass is 382 g/mol. The van der Waals surface area contributed by atoms with Crippen LogP contribution in [0.5, 0.6) is 11.5 Å². The number of rotatable bonds is 5. The number of hydrogen-bond donors (Lipinski definition) is 1. The molecule has 1 aromatic carbocycles. The number of ether oxygens (including phenoxy) is 3. The number of fused-ring (bicyclic) bond motifs is 1. The molecule has 142 valence electrons. The largest absolute Gasteiger partial charge is 0.486 e. The summed E-state index contributed by atoms with van der Waals surface area (Å²) in [6.07, 6.45) is 1.66. The van der Waals surface area contributed by atoms with Gasteiger partial charge in [-0.1, -0.05) is 11.6 Å². The van der Waals surface area contributed by atoms with Crippen LogP contribution in [0.1, 0.15) is 19.8 Å². The number of piperidine rings is 1. The minimum atomic E-state index is -0.188. The van der Waals surface area contributed by atoms with Gasteiger partial charge in [-0.3, -0.25) is 14.5 Å². The average Bonchev–Trinajstić information content (AvgIpc) is 2.62. The smallest absolute Gasteiger partial charge is 0.310 e. The van der Waals surface area contributed by atoms with Gasteiger partial charge in [-0.15, -0.1) is 0 Å². The van der Waals surface area contributed by atoms with Crippen molar-refractivity contribution in [2.24, 2.45) is 5.92 Å². The summed E-state index contributed by atoms with van der Waals surface area (Å²) in [5, 5.41) is 3.21. The third-order valence-electron chi connectivity index (χ3n) is 4.40. The molecule has 8 heteroatoms. The highest BCUT2D eigenvalue weighted by atomic mass is 35.5. The molecule has 1 fully saturated rings. The van der Waals surface area contributed by atoms with E-state index in [0.717, 1.165) is 19.4 Å². The van der Waals surface area contributed by atoms with Crippen molar-refractivity contribution >= 4 is 29.2 Å². The molecule has 1 atom stereocenters. The molecule has 1 N–H and O–H groups in total. The maximum Gasteiger partial charge on any atom is 0.310 e. The van der Waals surface area contributed by atoms with E-state index in [1.165, 1.54) is 0 Å². The Morgan fingerprint density at radius 3 is 2.77 bits per heavy atom. The van der Waals surface area contributed by atoms with Gasteiger partial charge in [0.1, 0.15) is 13.2 Å². The molecule has 0 spiro atoms. The highest BCUT2D eigenvalue weighted by Gasteiger charge is 2.28. The molecule has 3 rings (SSSR count). The van der Waals surface area contributed by atoms with Gasteiger partial charge in [0.2, 0.25) is 5.91 Å². The Morgan fingerprint density at radius 2 is 2.04 bits per heavy atom. The van der Waals surface area contributed by atoms with Crippen molar-refractivity contribution in [2.75, 3.05) is 44.8 Å². The number of esters is 1. The molecule has 2 aliphatic heterocycles. The predicted molar refractivity (Wildman–Crippen MR) is 96.9 cm³/mol. The Hall–Kier alpha value is -1.99.